The first-order valence-corrected chi connectivity index (χ1v) is 8.98. The Morgan fingerprint density at radius 2 is 2.04 bits per heavy atom. The molecular formula is C20H22ClNO4. The van der Waals surface area contributed by atoms with Crippen molar-refractivity contribution in [2.24, 2.45) is 11.1 Å². The van der Waals surface area contributed by atoms with E-state index in [2.05, 4.69) is 0 Å². The maximum absolute atomic E-state index is 13.0. The molecule has 0 fully saturated rings. The molecule has 0 bridgehead atoms. The van der Waals surface area contributed by atoms with Crippen LogP contribution in [0, 0.1) is 5.41 Å². The highest BCUT2D eigenvalue weighted by molar-refractivity contribution is 6.31. The third-order valence-electron chi connectivity index (χ3n) is 4.67. The van der Waals surface area contributed by atoms with Crippen molar-refractivity contribution in [3.63, 3.8) is 0 Å². The van der Waals surface area contributed by atoms with Gasteiger partial charge < -0.3 is 15.2 Å². The van der Waals surface area contributed by atoms with E-state index in [1.165, 1.54) is 0 Å². The molecule has 0 saturated carbocycles. The topological polar surface area (TPSA) is 78.6 Å². The van der Waals surface area contributed by atoms with Crippen LogP contribution in [0.2, 0.25) is 5.02 Å². The second-order valence-corrected chi connectivity index (χ2v) is 7.74. The summed E-state index contributed by atoms with van der Waals surface area (Å²) >= 11 is 6.40. The number of esters is 1. The fourth-order valence-electron chi connectivity index (χ4n) is 3.61. The number of nitrogens with two attached hydrogens (primary N) is 1. The summed E-state index contributed by atoms with van der Waals surface area (Å²) in [4.78, 5) is 25.6. The van der Waals surface area contributed by atoms with E-state index < -0.39 is 11.9 Å². The molecular weight excluding hydrogens is 354 g/mol. The van der Waals surface area contributed by atoms with Crippen molar-refractivity contribution in [1.29, 1.82) is 0 Å². The minimum Gasteiger partial charge on any atom is -0.462 e. The van der Waals surface area contributed by atoms with Gasteiger partial charge in [-0.3, -0.25) is 4.79 Å². The Morgan fingerprint density at radius 1 is 1.35 bits per heavy atom. The van der Waals surface area contributed by atoms with Gasteiger partial charge in [-0.15, -0.1) is 0 Å². The van der Waals surface area contributed by atoms with Crippen LogP contribution in [0.4, 0.5) is 0 Å². The van der Waals surface area contributed by atoms with Gasteiger partial charge in [-0.1, -0.05) is 43.6 Å². The van der Waals surface area contributed by atoms with E-state index in [1.807, 2.05) is 19.9 Å². The second-order valence-electron chi connectivity index (χ2n) is 7.33. The van der Waals surface area contributed by atoms with Gasteiger partial charge in [-0.2, -0.15) is 0 Å². The first-order chi connectivity index (χ1) is 12.2. The van der Waals surface area contributed by atoms with Crippen LogP contribution < -0.4 is 5.73 Å². The Bertz CT molecular complexity index is 838. The molecule has 1 atom stereocenters. The van der Waals surface area contributed by atoms with E-state index in [0.29, 0.717) is 34.8 Å². The van der Waals surface area contributed by atoms with E-state index in [9.17, 15) is 9.59 Å². The van der Waals surface area contributed by atoms with E-state index in [0.717, 1.165) is 0 Å². The molecule has 2 N–H and O–H groups in total. The van der Waals surface area contributed by atoms with Crippen LogP contribution in [-0.4, -0.2) is 18.4 Å². The molecule has 3 rings (SSSR count). The lowest BCUT2D eigenvalue weighted by Gasteiger charge is -2.38. The number of halogens is 1. The first-order valence-electron chi connectivity index (χ1n) is 8.60. The van der Waals surface area contributed by atoms with Gasteiger partial charge in [0.1, 0.15) is 11.3 Å². The van der Waals surface area contributed by atoms with Crippen molar-refractivity contribution in [3.8, 4) is 0 Å². The number of ketones is 1. The van der Waals surface area contributed by atoms with E-state index in [-0.39, 0.29) is 29.3 Å². The van der Waals surface area contributed by atoms with Gasteiger partial charge in [0, 0.05) is 23.4 Å². The highest BCUT2D eigenvalue weighted by Crippen LogP contribution is 2.49. The molecule has 0 amide bonds. The average Bonchev–Trinajstić information content (AvgIpc) is 2.53. The number of carbonyl (C=O) groups excluding carboxylic acids is 2. The third-order valence-corrected chi connectivity index (χ3v) is 5.01. The van der Waals surface area contributed by atoms with Crippen LogP contribution in [0.1, 0.15) is 45.1 Å². The Balaban J connectivity index is 2.21. The number of rotatable bonds is 3. The van der Waals surface area contributed by atoms with Crippen molar-refractivity contribution in [3.05, 3.63) is 57.6 Å². The largest absolute Gasteiger partial charge is 0.462 e. The summed E-state index contributed by atoms with van der Waals surface area (Å²) in [5, 5.41) is 0.457. The zero-order chi connectivity index (χ0) is 19.1. The minimum absolute atomic E-state index is 0.0300. The van der Waals surface area contributed by atoms with Gasteiger partial charge in [-0.25, -0.2) is 4.79 Å². The lowest BCUT2D eigenvalue weighted by molar-refractivity contribution is -0.139. The summed E-state index contributed by atoms with van der Waals surface area (Å²) < 4.78 is 10.9. The average molecular weight is 376 g/mol. The third kappa shape index (κ3) is 3.23. The Labute approximate surface area is 157 Å². The summed E-state index contributed by atoms with van der Waals surface area (Å²) in [5.41, 5.74) is 7.09. The SMILES string of the molecule is CCOC(=O)C1=C(N)OC2=C(C(=O)CC(C)(C)C2)C1c1ccccc1Cl. The number of Topliss-reactive ketones (excluding diaryl/α,β-unsaturated/α-hetero) is 1. The molecule has 6 heteroatoms. The number of hydrogen-bond donors (Lipinski definition) is 1. The highest BCUT2D eigenvalue weighted by atomic mass is 35.5. The predicted octanol–water partition coefficient (Wildman–Crippen LogP) is 3.83. The molecule has 0 aromatic heterocycles. The molecule has 1 aromatic rings. The molecule has 0 spiro atoms. The quantitative estimate of drug-likeness (QED) is 0.812. The van der Waals surface area contributed by atoms with Gasteiger partial charge in [0.05, 0.1) is 12.5 Å². The number of ether oxygens (including phenoxy) is 2. The van der Waals surface area contributed by atoms with E-state index >= 15 is 0 Å². The monoisotopic (exact) mass is 375 g/mol. The molecule has 2 aliphatic rings. The second kappa shape index (κ2) is 6.80. The van der Waals surface area contributed by atoms with Crippen molar-refractivity contribution in [1.82, 2.24) is 0 Å². The molecule has 138 valence electrons. The van der Waals surface area contributed by atoms with Gasteiger partial charge in [0.15, 0.2) is 5.78 Å². The van der Waals surface area contributed by atoms with Crippen LogP contribution >= 0.6 is 11.6 Å². The van der Waals surface area contributed by atoms with Gasteiger partial charge in [0.25, 0.3) is 0 Å². The van der Waals surface area contributed by atoms with Gasteiger partial charge in [-0.05, 0) is 24.0 Å². The minimum atomic E-state index is -0.685. The molecule has 1 aromatic carbocycles. The molecule has 1 aliphatic heterocycles. The summed E-state index contributed by atoms with van der Waals surface area (Å²) in [6.45, 7) is 5.91. The molecule has 1 unspecified atom stereocenters. The molecule has 26 heavy (non-hydrogen) atoms. The number of carbonyl (C=O) groups is 2. The van der Waals surface area contributed by atoms with Crippen molar-refractivity contribution < 1.29 is 19.1 Å². The van der Waals surface area contributed by atoms with Crippen molar-refractivity contribution in [2.45, 2.75) is 39.5 Å². The number of hydrogen-bond acceptors (Lipinski definition) is 5. The normalized spacial score (nSPS) is 22.0. The lowest BCUT2D eigenvalue weighted by atomic mass is 9.70. The summed E-state index contributed by atoms with van der Waals surface area (Å²) in [7, 11) is 0. The lowest BCUT2D eigenvalue weighted by Crippen LogP contribution is -2.35. The standard InChI is InChI=1S/C20H22ClNO4/c1-4-25-19(24)17-15(11-7-5-6-8-12(11)21)16-13(23)9-20(2,3)10-14(16)26-18(17)22/h5-8,15H,4,9-10,22H2,1-3H3. The molecule has 1 aliphatic carbocycles. The summed E-state index contributed by atoms with van der Waals surface area (Å²) in [6.07, 6.45) is 0.929. The zero-order valence-electron chi connectivity index (χ0n) is 15.1. The fourth-order valence-corrected chi connectivity index (χ4v) is 3.86. The van der Waals surface area contributed by atoms with Gasteiger partial charge in [0.2, 0.25) is 5.88 Å². The summed E-state index contributed by atoms with van der Waals surface area (Å²) in [6, 6.07) is 7.13. The van der Waals surface area contributed by atoms with Crippen LogP contribution in [0.25, 0.3) is 0 Å². The number of benzene rings is 1. The maximum Gasteiger partial charge on any atom is 0.340 e. The maximum atomic E-state index is 13.0. The Morgan fingerprint density at radius 3 is 2.69 bits per heavy atom. The van der Waals surface area contributed by atoms with E-state index in [1.54, 1.807) is 25.1 Å². The molecule has 1 heterocycles. The molecule has 5 nitrogen and oxygen atoms in total. The Kier molecular flexibility index (Phi) is 4.84. The van der Waals surface area contributed by atoms with Crippen LogP contribution in [-0.2, 0) is 19.1 Å². The van der Waals surface area contributed by atoms with Crippen molar-refractivity contribution >= 4 is 23.4 Å². The van der Waals surface area contributed by atoms with E-state index in [4.69, 9.17) is 26.8 Å². The zero-order valence-corrected chi connectivity index (χ0v) is 15.9. The van der Waals surface area contributed by atoms with Crippen LogP contribution in [0.15, 0.2) is 47.1 Å². The smallest absolute Gasteiger partial charge is 0.340 e. The molecule has 0 radical (unpaired) electrons. The molecule has 0 saturated heterocycles. The van der Waals surface area contributed by atoms with Crippen molar-refractivity contribution in [2.75, 3.05) is 6.61 Å². The predicted molar refractivity (Wildman–Crippen MR) is 98.2 cm³/mol. The highest BCUT2D eigenvalue weighted by Gasteiger charge is 2.45. The fraction of sp³-hybridized carbons (Fsp3) is 0.400. The Hall–Kier alpha value is -2.27. The van der Waals surface area contributed by atoms with Crippen LogP contribution in [0.3, 0.4) is 0 Å². The first kappa shape index (κ1) is 18.5. The van der Waals surface area contributed by atoms with Gasteiger partial charge >= 0.3 is 5.97 Å². The number of allylic oxidation sites excluding steroid dienone is 2. The summed E-state index contributed by atoms with van der Waals surface area (Å²) in [5.74, 6) is -0.857. The van der Waals surface area contributed by atoms with Crippen LogP contribution in [0.5, 0.6) is 0 Å².